The first-order chi connectivity index (χ1) is 17.1. The highest BCUT2D eigenvalue weighted by Gasteiger charge is 2.33. The second-order valence-electron chi connectivity index (χ2n) is 10.2. The smallest absolute Gasteiger partial charge is 0.283 e. The van der Waals surface area contributed by atoms with Crippen LogP contribution in [-0.2, 0) is 34.1 Å². The standard InChI is InChI=1S/C27H33N5O3S/c1-17-14-20(12-13-28-17)23-11-8-19-6-5-7-22(19)24(23)15-26(33)30-36(34,35)27-16-25(18(2)31(3)4)32(29-27)21-9-10-21/h8,11-14,16,18,21H,5-7,9-10,15H2,1-4H3,(H,30,33). The Bertz CT molecular complexity index is 1420. The van der Waals surface area contributed by atoms with Gasteiger partial charge < -0.3 is 4.90 Å². The number of hydrogen-bond acceptors (Lipinski definition) is 6. The molecule has 9 heteroatoms. The highest BCUT2D eigenvalue weighted by Crippen LogP contribution is 2.38. The minimum atomic E-state index is -4.10. The third-order valence-electron chi connectivity index (χ3n) is 7.31. The fourth-order valence-corrected chi connectivity index (χ4v) is 5.98. The normalized spacial score (nSPS) is 16.2. The van der Waals surface area contributed by atoms with Gasteiger partial charge in [0, 0.05) is 24.0 Å². The lowest BCUT2D eigenvalue weighted by Crippen LogP contribution is -2.32. The summed E-state index contributed by atoms with van der Waals surface area (Å²) in [6, 6.07) is 9.92. The van der Waals surface area contributed by atoms with Gasteiger partial charge in [0.05, 0.1) is 18.2 Å². The molecular formula is C27H33N5O3S. The SMILES string of the molecule is Cc1cc(-c2ccc3c(c2CC(=O)NS(=O)(=O)c2cc(C(C)N(C)C)n(C4CC4)n2)CCC3)ccn1. The van der Waals surface area contributed by atoms with E-state index in [4.69, 9.17) is 0 Å². The molecule has 1 amide bonds. The number of nitrogens with zero attached hydrogens (tertiary/aromatic N) is 4. The van der Waals surface area contributed by atoms with Crippen LogP contribution < -0.4 is 4.72 Å². The third kappa shape index (κ3) is 4.82. The first-order valence-corrected chi connectivity index (χ1v) is 14.0. The summed E-state index contributed by atoms with van der Waals surface area (Å²) in [5.74, 6) is -0.550. The molecule has 0 saturated heterocycles. The van der Waals surface area contributed by atoms with E-state index in [2.05, 4.69) is 20.9 Å². The van der Waals surface area contributed by atoms with Crippen molar-refractivity contribution in [3.05, 3.63) is 64.6 Å². The van der Waals surface area contributed by atoms with E-state index in [1.165, 1.54) is 5.56 Å². The van der Waals surface area contributed by atoms with E-state index < -0.39 is 15.9 Å². The molecule has 2 aliphatic rings. The molecule has 0 radical (unpaired) electrons. The van der Waals surface area contributed by atoms with Gasteiger partial charge in [-0.25, -0.2) is 4.72 Å². The lowest BCUT2D eigenvalue weighted by Gasteiger charge is -2.20. The Labute approximate surface area is 212 Å². The largest absolute Gasteiger partial charge is 0.301 e. The molecular weight excluding hydrogens is 474 g/mol. The first-order valence-electron chi connectivity index (χ1n) is 12.5. The molecule has 0 spiro atoms. The molecule has 190 valence electrons. The predicted octanol–water partition coefficient (Wildman–Crippen LogP) is 3.75. The van der Waals surface area contributed by atoms with Crippen molar-refractivity contribution in [1.82, 2.24) is 24.4 Å². The number of hydrogen-bond donors (Lipinski definition) is 1. The van der Waals surface area contributed by atoms with Gasteiger partial charge in [0.1, 0.15) is 0 Å². The Balaban J connectivity index is 1.43. The van der Waals surface area contributed by atoms with Crippen LogP contribution in [0.3, 0.4) is 0 Å². The van der Waals surface area contributed by atoms with Gasteiger partial charge in [-0.05, 0) is 100.0 Å². The van der Waals surface area contributed by atoms with Crippen LogP contribution >= 0.6 is 0 Å². The maximum atomic E-state index is 13.2. The summed E-state index contributed by atoms with van der Waals surface area (Å²) in [4.78, 5) is 19.5. The van der Waals surface area contributed by atoms with Gasteiger partial charge in [0.25, 0.3) is 10.0 Å². The van der Waals surface area contributed by atoms with E-state index in [9.17, 15) is 13.2 Å². The van der Waals surface area contributed by atoms with Crippen molar-refractivity contribution < 1.29 is 13.2 Å². The Morgan fingerprint density at radius 3 is 2.67 bits per heavy atom. The summed E-state index contributed by atoms with van der Waals surface area (Å²) in [6.07, 6.45) is 6.61. The average Bonchev–Trinajstić information content (AvgIpc) is 3.37. The van der Waals surface area contributed by atoms with Crippen LogP contribution in [-0.4, -0.2) is 48.1 Å². The van der Waals surface area contributed by atoms with Gasteiger partial charge in [0.2, 0.25) is 5.91 Å². The number of nitrogens with one attached hydrogen (secondary N) is 1. The summed E-state index contributed by atoms with van der Waals surface area (Å²) >= 11 is 0. The summed E-state index contributed by atoms with van der Waals surface area (Å²) in [6.45, 7) is 3.95. The van der Waals surface area contributed by atoms with Crippen LogP contribution in [0.1, 0.15) is 66.3 Å². The second kappa shape index (κ2) is 9.44. The van der Waals surface area contributed by atoms with E-state index >= 15 is 0 Å². The van der Waals surface area contributed by atoms with Gasteiger partial charge in [-0.2, -0.15) is 13.5 Å². The second-order valence-corrected chi connectivity index (χ2v) is 11.8. The number of fused-ring (bicyclic) bond motifs is 1. The quantitative estimate of drug-likeness (QED) is 0.499. The van der Waals surface area contributed by atoms with Crippen LogP contribution in [0.4, 0.5) is 0 Å². The minimum Gasteiger partial charge on any atom is -0.301 e. The maximum absolute atomic E-state index is 13.2. The van der Waals surface area contributed by atoms with Crippen LogP contribution in [0, 0.1) is 6.92 Å². The summed E-state index contributed by atoms with van der Waals surface area (Å²) in [7, 11) is -0.206. The molecule has 1 fully saturated rings. The summed E-state index contributed by atoms with van der Waals surface area (Å²) in [5.41, 5.74) is 6.96. The maximum Gasteiger partial charge on any atom is 0.283 e. The summed E-state index contributed by atoms with van der Waals surface area (Å²) < 4.78 is 30.6. The van der Waals surface area contributed by atoms with Gasteiger partial charge in [-0.1, -0.05) is 12.1 Å². The Kier molecular flexibility index (Phi) is 6.46. The van der Waals surface area contributed by atoms with Crippen molar-refractivity contribution in [1.29, 1.82) is 0 Å². The molecule has 1 unspecified atom stereocenters. The first kappa shape index (κ1) is 24.6. The number of benzene rings is 1. The van der Waals surface area contributed by atoms with Crippen LogP contribution in [0.15, 0.2) is 41.6 Å². The van der Waals surface area contributed by atoms with Crippen LogP contribution in [0.5, 0.6) is 0 Å². The van der Waals surface area contributed by atoms with Crippen molar-refractivity contribution in [2.75, 3.05) is 14.1 Å². The molecule has 36 heavy (non-hydrogen) atoms. The van der Waals surface area contributed by atoms with E-state index in [0.29, 0.717) is 0 Å². The van der Waals surface area contributed by atoms with E-state index in [0.717, 1.165) is 65.7 Å². The molecule has 3 aromatic rings. The molecule has 1 N–H and O–H groups in total. The highest BCUT2D eigenvalue weighted by atomic mass is 32.2. The highest BCUT2D eigenvalue weighted by molar-refractivity contribution is 7.90. The Morgan fingerprint density at radius 1 is 1.19 bits per heavy atom. The minimum absolute atomic E-state index is 0.00367. The van der Waals surface area contributed by atoms with Gasteiger partial charge >= 0.3 is 0 Å². The van der Waals surface area contributed by atoms with Crippen LogP contribution in [0.25, 0.3) is 11.1 Å². The Morgan fingerprint density at radius 2 is 1.97 bits per heavy atom. The fraction of sp³-hybridized carbons (Fsp3) is 0.444. The molecule has 2 aliphatic carbocycles. The zero-order valence-electron chi connectivity index (χ0n) is 21.3. The van der Waals surface area contributed by atoms with Gasteiger partial charge in [-0.3, -0.25) is 14.5 Å². The Hall–Kier alpha value is -3.04. The third-order valence-corrected chi connectivity index (χ3v) is 8.55. The lowest BCUT2D eigenvalue weighted by atomic mass is 9.91. The van der Waals surface area contributed by atoms with Crippen molar-refractivity contribution in [3.8, 4) is 11.1 Å². The number of aromatic nitrogens is 3. The molecule has 1 saturated carbocycles. The van der Waals surface area contributed by atoms with Crippen molar-refractivity contribution in [3.63, 3.8) is 0 Å². The topological polar surface area (TPSA) is 97.2 Å². The average molecular weight is 508 g/mol. The number of sulfonamides is 1. The lowest BCUT2D eigenvalue weighted by molar-refractivity contribution is -0.118. The molecule has 1 atom stereocenters. The molecule has 5 rings (SSSR count). The molecule has 0 bridgehead atoms. The monoisotopic (exact) mass is 507 g/mol. The molecule has 8 nitrogen and oxygen atoms in total. The molecule has 2 heterocycles. The van der Waals surface area contributed by atoms with Crippen molar-refractivity contribution in [2.45, 2.75) is 69.5 Å². The fourth-order valence-electron chi connectivity index (χ4n) is 5.03. The number of amides is 1. The van der Waals surface area contributed by atoms with Crippen molar-refractivity contribution >= 4 is 15.9 Å². The van der Waals surface area contributed by atoms with Crippen molar-refractivity contribution in [2.24, 2.45) is 0 Å². The predicted molar refractivity (Wildman–Crippen MR) is 138 cm³/mol. The van der Waals surface area contributed by atoms with E-state index in [1.807, 2.05) is 55.7 Å². The molecule has 0 aliphatic heterocycles. The van der Waals surface area contributed by atoms with Gasteiger partial charge in [0.15, 0.2) is 5.03 Å². The zero-order chi connectivity index (χ0) is 25.6. The van der Waals surface area contributed by atoms with Gasteiger partial charge in [-0.15, -0.1) is 0 Å². The molecule has 2 aromatic heterocycles. The van der Waals surface area contributed by atoms with Crippen LogP contribution in [0.2, 0.25) is 0 Å². The number of aryl methyl sites for hydroxylation is 2. The summed E-state index contributed by atoms with van der Waals surface area (Å²) in [5, 5.41) is 4.32. The van der Waals surface area contributed by atoms with E-state index in [-0.39, 0.29) is 23.5 Å². The number of carbonyl (C=O) groups excluding carboxylic acids is 1. The zero-order valence-corrected chi connectivity index (χ0v) is 22.1. The molecule has 1 aromatic carbocycles. The number of carbonyl (C=O) groups is 1. The van der Waals surface area contributed by atoms with E-state index in [1.54, 1.807) is 12.3 Å². The number of pyridine rings is 1. The number of rotatable bonds is 8.